The Morgan fingerprint density at radius 2 is 2.20 bits per heavy atom. The third-order valence-corrected chi connectivity index (χ3v) is 2.61. The molecule has 0 saturated carbocycles. The molecular weight excluding hydrogens is 122 g/mol. The summed E-state index contributed by atoms with van der Waals surface area (Å²) in [6.45, 7) is 3.55. The number of nitrogens with one attached hydrogen (secondary N) is 1. The molecule has 1 aliphatic heterocycles. The molecule has 1 fully saturated rings. The minimum absolute atomic E-state index is 0.704. The van der Waals surface area contributed by atoms with Gasteiger partial charge in [0.05, 0.1) is 0 Å². The fourth-order valence-electron chi connectivity index (χ4n) is 2.05. The number of hydrogen-bond donors (Lipinski definition) is 1. The van der Waals surface area contributed by atoms with Crippen molar-refractivity contribution in [3.63, 3.8) is 0 Å². The molecule has 0 aromatic heterocycles. The summed E-state index contributed by atoms with van der Waals surface area (Å²) in [5.74, 6) is 1.76. The van der Waals surface area contributed by atoms with E-state index in [1.54, 1.807) is 0 Å². The van der Waals surface area contributed by atoms with Gasteiger partial charge in [-0.2, -0.15) is 0 Å². The predicted molar refractivity (Wildman–Crippen MR) is 42.8 cm³/mol. The third kappa shape index (κ3) is 1.10. The van der Waals surface area contributed by atoms with Crippen molar-refractivity contribution in [2.24, 2.45) is 11.8 Å². The number of rotatable bonds is 0. The van der Waals surface area contributed by atoms with Gasteiger partial charge in [-0.1, -0.05) is 19.1 Å². The molecule has 1 aliphatic carbocycles. The second kappa shape index (κ2) is 2.39. The Kier molecular flexibility index (Phi) is 1.53. The van der Waals surface area contributed by atoms with E-state index in [2.05, 4.69) is 24.4 Å². The summed E-state index contributed by atoms with van der Waals surface area (Å²) in [6, 6.07) is 0.704. The van der Waals surface area contributed by atoms with Crippen LogP contribution in [-0.2, 0) is 0 Å². The van der Waals surface area contributed by atoms with Crippen LogP contribution in [0.25, 0.3) is 0 Å². The van der Waals surface area contributed by atoms with Gasteiger partial charge in [0.25, 0.3) is 0 Å². The molecule has 2 bridgehead atoms. The summed E-state index contributed by atoms with van der Waals surface area (Å²) in [6.07, 6.45) is 7.45. The molecule has 0 radical (unpaired) electrons. The van der Waals surface area contributed by atoms with Crippen molar-refractivity contribution in [1.29, 1.82) is 0 Å². The highest BCUT2D eigenvalue weighted by atomic mass is 14.9. The molecule has 1 N–H and O–H groups in total. The van der Waals surface area contributed by atoms with Crippen molar-refractivity contribution in [3.8, 4) is 0 Å². The Morgan fingerprint density at radius 1 is 1.30 bits per heavy atom. The average molecular weight is 137 g/mol. The molecule has 0 amide bonds. The second-order valence-electron chi connectivity index (χ2n) is 3.74. The van der Waals surface area contributed by atoms with Crippen molar-refractivity contribution in [1.82, 2.24) is 5.32 Å². The summed E-state index contributed by atoms with van der Waals surface area (Å²) >= 11 is 0. The SMILES string of the molecule is CC1CNC2C=CC(C1)C2. The summed E-state index contributed by atoms with van der Waals surface area (Å²) in [5, 5.41) is 3.54. The topological polar surface area (TPSA) is 12.0 Å². The largest absolute Gasteiger partial charge is 0.310 e. The Labute approximate surface area is 62.5 Å². The first kappa shape index (κ1) is 6.41. The zero-order chi connectivity index (χ0) is 6.97. The van der Waals surface area contributed by atoms with E-state index in [0.29, 0.717) is 6.04 Å². The van der Waals surface area contributed by atoms with E-state index in [-0.39, 0.29) is 0 Å². The maximum atomic E-state index is 3.54. The highest BCUT2D eigenvalue weighted by Gasteiger charge is 2.24. The van der Waals surface area contributed by atoms with Gasteiger partial charge in [-0.15, -0.1) is 0 Å². The number of hydrogen-bond acceptors (Lipinski definition) is 1. The van der Waals surface area contributed by atoms with Gasteiger partial charge >= 0.3 is 0 Å². The minimum atomic E-state index is 0.704. The van der Waals surface area contributed by atoms with Crippen molar-refractivity contribution in [2.45, 2.75) is 25.8 Å². The van der Waals surface area contributed by atoms with Crippen molar-refractivity contribution in [3.05, 3.63) is 12.2 Å². The van der Waals surface area contributed by atoms with E-state index >= 15 is 0 Å². The molecule has 1 nitrogen and oxygen atoms in total. The van der Waals surface area contributed by atoms with Crippen LogP contribution in [0.2, 0.25) is 0 Å². The Balaban J connectivity index is 2.07. The molecule has 2 rings (SSSR count). The summed E-state index contributed by atoms with van der Waals surface area (Å²) in [7, 11) is 0. The van der Waals surface area contributed by atoms with Gasteiger partial charge in [-0.05, 0) is 31.2 Å². The minimum Gasteiger partial charge on any atom is -0.310 e. The molecule has 10 heavy (non-hydrogen) atoms. The van der Waals surface area contributed by atoms with Crippen LogP contribution < -0.4 is 5.32 Å². The van der Waals surface area contributed by atoms with E-state index in [0.717, 1.165) is 11.8 Å². The van der Waals surface area contributed by atoms with Gasteiger partial charge in [-0.3, -0.25) is 0 Å². The van der Waals surface area contributed by atoms with Gasteiger partial charge in [0.1, 0.15) is 0 Å². The average Bonchev–Trinajstić information content (AvgIpc) is 2.22. The molecule has 0 aromatic carbocycles. The highest BCUT2D eigenvalue weighted by molar-refractivity contribution is 5.07. The smallest absolute Gasteiger partial charge is 0.0255 e. The van der Waals surface area contributed by atoms with E-state index in [9.17, 15) is 0 Å². The fraction of sp³-hybridized carbons (Fsp3) is 0.778. The lowest BCUT2D eigenvalue weighted by atomic mass is 9.97. The lowest BCUT2D eigenvalue weighted by Crippen LogP contribution is -2.27. The van der Waals surface area contributed by atoms with Crippen molar-refractivity contribution >= 4 is 0 Å². The molecule has 1 saturated heterocycles. The molecule has 0 aromatic rings. The van der Waals surface area contributed by atoms with Crippen molar-refractivity contribution in [2.75, 3.05) is 6.54 Å². The van der Waals surface area contributed by atoms with Crippen LogP contribution in [0.4, 0.5) is 0 Å². The number of fused-ring (bicyclic) bond motifs is 2. The Hall–Kier alpha value is -0.300. The van der Waals surface area contributed by atoms with Crippen LogP contribution in [0.15, 0.2) is 12.2 Å². The first-order chi connectivity index (χ1) is 4.84. The van der Waals surface area contributed by atoms with Gasteiger partial charge in [0.2, 0.25) is 0 Å². The molecule has 1 heterocycles. The Bertz CT molecular complexity index is 151. The Morgan fingerprint density at radius 3 is 3.10 bits per heavy atom. The summed E-state index contributed by atoms with van der Waals surface area (Å²) < 4.78 is 0. The molecule has 2 aliphatic rings. The van der Waals surface area contributed by atoms with Crippen LogP contribution in [0.1, 0.15) is 19.8 Å². The molecule has 56 valence electrons. The fourth-order valence-corrected chi connectivity index (χ4v) is 2.05. The molecule has 3 atom stereocenters. The van der Waals surface area contributed by atoms with Gasteiger partial charge in [0, 0.05) is 6.04 Å². The predicted octanol–water partition coefficient (Wildman–Crippen LogP) is 1.56. The van der Waals surface area contributed by atoms with E-state index in [4.69, 9.17) is 0 Å². The van der Waals surface area contributed by atoms with E-state index < -0.39 is 0 Å². The van der Waals surface area contributed by atoms with E-state index in [1.165, 1.54) is 19.4 Å². The molecule has 3 unspecified atom stereocenters. The standard InChI is InChI=1S/C9H15N/c1-7-4-8-2-3-9(5-8)10-6-7/h2-3,7-10H,4-6H2,1H3. The zero-order valence-corrected chi connectivity index (χ0v) is 6.51. The van der Waals surface area contributed by atoms with E-state index in [1.807, 2.05) is 0 Å². The third-order valence-electron chi connectivity index (χ3n) is 2.61. The number of allylic oxidation sites excluding steroid dienone is 1. The van der Waals surface area contributed by atoms with Gasteiger partial charge in [-0.25, -0.2) is 0 Å². The maximum absolute atomic E-state index is 3.54. The quantitative estimate of drug-likeness (QED) is 0.500. The molecule has 1 heteroatoms. The normalized spacial score (nSPS) is 45.5. The van der Waals surface area contributed by atoms with Crippen LogP contribution in [0.3, 0.4) is 0 Å². The second-order valence-corrected chi connectivity index (χ2v) is 3.74. The maximum Gasteiger partial charge on any atom is 0.0255 e. The molecule has 0 spiro atoms. The van der Waals surface area contributed by atoms with Crippen LogP contribution in [0.5, 0.6) is 0 Å². The first-order valence-electron chi connectivity index (χ1n) is 4.26. The first-order valence-corrected chi connectivity index (χ1v) is 4.26. The van der Waals surface area contributed by atoms with Crippen molar-refractivity contribution < 1.29 is 0 Å². The van der Waals surface area contributed by atoms with Gasteiger partial charge < -0.3 is 5.32 Å². The lowest BCUT2D eigenvalue weighted by molar-refractivity contribution is 0.473. The van der Waals surface area contributed by atoms with Crippen LogP contribution in [0, 0.1) is 11.8 Å². The molecular formula is C9H15N. The zero-order valence-electron chi connectivity index (χ0n) is 6.51. The summed E-state index contributed by atoms with van der Waals surface area (Å²) in [4.78, 5) is 0. The highest BCUT2D eigenvalue weighted by Crippen LogP contribution is 2.27. The van der Waals surface area contributed by atoms with Crippen LogP contribution in [-0.4, -0.2) is 12.6 Å². The monoisotopic (exact) mass is 137 g/mol. The summed E-state index contributed by atoms with van der Waals surface area (Å²) in [5.41, 5.74) is 0. The lowest BCUT2D eigenvalue weighted by Gasteiger charge is -2.11. The van der Waals surface area contributed by atoms with Gasteiger partial charge in [0.15, 0.2) is 0 Å². The van der Waals surface area contributed by atoms with Crippen LogP contribution >= 0.6 is 0 Å².